The number of rotatable bonds is 7. The van der Waals surface area contributed by atoms with E-state index < -0.39 is 20.8 Å². The van der Waals surface area contributed by atoms with Crippen molar-refractivity contribution in [3.05, 3.63) is 21.6 Å². The van der Waals surface area contributed by atoms with Gasteiger partial charge in [-0.25, -0.2) is 0 Å². The van der Waals surface area contributed by atoms with Crippen LogP contribution in [0.4, 0.5) is 0 Å². The molecule has 1 aliphatic rings. The Kier molecular flexibility index (Phi) is 7.04. The van der Waals surface area contributed by atoms with Gasteiger partial charge in [-0.05, 0) is 0 Å². The van der Waals surface area contributed by atoms with Gasteiger partial charge in [0, 0.05) is 0 Å². The fourth-order valence-electron chi connectivity index (χ4n) is 3.20. The van der Waals surface area contributed by atoms with Gasteiger partial charge in [-0.15, -0.1) is 0 Å². The average Bonchev–Trinajstić information content (AvgIpc) is 2.92. The van der Waals surface area contributed by atoms with Crippen molar-refractivity contribution in [2.45, 2.75) is 66.1 Å². The number of nitrogens with zero attached hydrogens (tertiary/aromatic N) is 3. The first-order valence-electron chi connectivity index (χ1n) is 8.22. The molecule has 0 aromatic carbocycles. The van der Waals surface area contributed by atoms with Gasteiger partial charge in [0.1, 0.15) is 0 Å². The van der Waals surface area contributed by atoms with Crippen molar-refractivity contribution in [1.29, 1.82) is 0 Å². The van der Waals surface area contributed by atoms with Crippen LogP contribution in [-0.2, 0) is 20.8 Å². The van der Waals surface area contributed by atoms with Gasteiger partial charge in [0.15, 0.2) is 0 Å². The summed E-state index contributed by atoms with van der Waals surface area (Å²) in [4.78, 5) is 0. The molecule has 21 heavy (non-hydrogen) atoms. The van der Waals surface area contributed by atoms with Crippen LogP contribution in [0.15, 0.2) is 21.6 Å². The van der Waals surface area contributed by atoms with Gasteiger partial charge in [-0.2, -0.15) is 0 Å². The van der Waals surface area contributed by atoms with Crippen molar-refractivity contribution in [3.8, 4) is 0 Å². The van der Waals surface area contributed by atoms with E-state index in [0.717, 1.165) is 6.42 Å². The Balaban J connectivity index is 3.47. The summed E-state index contributed by atoms with van der Waals surface area (Å²) in [5.74, 6) is 0. The van der Waals surface area contributed by atoms with Crippen LogP contribution in [0.5, 0.6) is 0 Å². The molecule has 0 heterocycles. The molecule has 0 radical (unpaired) electrons. The minimum absolute atomic E-state index is 0.565. The normalized spacial score (nSPS) is 16.4. The van der Waals surface area contributed by atoms with Gasteiger partial charge in [0.2, 0.25) is 0 Å². The molecule has 0 spiro atoms. The van der Waals surface area contributed by atoms with E-state index in [1.165, 1.54) is 0 Å². The summed E-state index contributed by atoms with van der Waals surface area (Å²) in [5, 5.41) is 0. The fraction of sp³-hybridized carbons (Fsp3) is 0.765. The SMILES string of the molecule is CC(C)[N](C)[Hf]([C]1=CC=CC1)([N](C)C(C)C)[N](C)C(C)C. The van der Waals surface area contributed by atoms with Crippen molar-refractivity contribution in [2.24, 2.45) is 0 Å². The second kappa shape index (κ2) is 7.67. The van der Waals surface area contributed by atoms with Crippen LogP contribution >= 0.6 is 0 Å². The molecule has 0 aliphatic heterocycles. The molecule has 4 heteroatoms. The van der Waals surface area contributed by atoms with Crippen LogP contribution in [0, 0.1) is 0 Å². The first-order valence-corrected chi connectivity index (χ1v) is 14.8. The molecule has 0 unspecified atom stereocenters. The summed E-state index contributed by atoms with van der Waals surface area (Å²) in [6.07, 6.45) is 8.10. The molecular formula is C17H35HfN3. The second-order valence-electron chi connectivity index (χ2n) is 7.07. The van der Waals surface area contributed by atoms with Crippen LogP contribution in [0.2, 0.25) is 0 Å². The molecule has 1 aliphatic carbocycles. The molecular weight excluding hydrogens is 425 g/mol. The zero-order valence-electron chi connectivity index (χ0n) is 15.5. The Labute approximate surface area is 138 Å². The Morgan fingerprint density at radius 3 is 1.43 bits per heavy atom. The maximum absolute atomic E-state index is 3.19. The third-order valence-electron chi connectivity index (χ3n) is 5.00. The van der Waals surface area contributed by atoms with Gasteiger partial charge in [-0.3, -0.25) is 0 Å². The molecule has 0 bridgehead atoms. The van der Waals surface area contributed by atoms with Crippen molar-refractivity contribution in [3.63, 3.8) is 0 Å². The molecule has 0 aromatic rings. The monoisotopic (exact) mass is 461 g/mol. The third-order valence-corrected chi connectivity index (χ3v) is 25.6. The summed E-state index contributed by atoms with van der Waals surface area (Å²) in [5.41, 5.74) is 0. The molecule has 0 amide bonds. The van der Waals surface area contributed by atoms with Crippen LogP contribution in [-0.4, -0.2) is 47.9 Å². The van der Waals surface area contributed by atoms with E-state index in [4.69, 9.17) is 0 Å². The Morgan fingerprint density at radius 1 is 0.810 bits per heavy atom. The summed E-state index contributed by atoms with van der Waals surface area (Å²) in [7, 11) is 7.05. The summed E-state index contributed by atoms with van der Waals surface area (Å²) in [6, 6.07) is 1.70. The van der Waals surface area contributed by atoms with Gasteiger partial charge >= 0.3 is 138 Å². The van der Waals surface area contributed by atoms with Crippen LogP contribution in [0.3, 0.4) is 0 Å². The number of allylic oxidation sites excluding steroid dienone is 4. The predicted octanol–water partition coefficient (Wildman–Crippen LogP) is 3.75. The fourth-order valence-corrected chi connectivity index (χ4v) is 23.8. The first-order chi connectivity index (χ1) is 9.67. The Morgan fingerprint density at radius 2 is 1.19 bits per heavy atom. The van der Waals surface area contributed by atoms with E-state index in [9.17, 15) is 0 Å². The molecule has 122 valence electrons. The molecule has 0 N–H and O–H groups in total. The van der Waals surface area contributed by atoms with E-state index in [-0.39, 0.29) is 0 Å². The van der Waals surface area contributed by atoms with Gasteiger partial charge in [0.05, 0.1) is 0 Å². The van der Waals surface area contributed by atoms with E-state index in [1.54, 1.807) is 3.33 Å². The third kappa shape index (κ3) is 3.60. The van der Waals surface area contributed by atoms with Crippen LogP contribution < -0.4 is 0 Å². The maximum atomic E-state index is 2.73. The minimum atomic E-state index is -3.19. The van der Waals surface area contributed by atoms with Crippen molar-refractivity contribution in [1.82, 2.24) is 8.66 Å². The standard InChI is InChI=1S/C5H5.3C4H10N.Hf/c1-2-4-5-3-1;3*1-4(2)5-3;/h1-3H,4H2;3*4H,1-3H3;/q;3*-1;+3. The number of hydrogen-bond acceptors (Lipinski definition) is 3. The van der Waals surface area contributed by atoms with Crippen LogP contribution in [0.1, 0.15) is 48.0 Å². The average molecular weight is 460 g/mol. The Hall–Kier alpha value is 0.230. The van der Waals surface area contributed by atoms with Gasteiger partial charge in [0.25, 0.3) is 0 Å². The van der Waals surface area contributed by atoms with E-state index >= 15 is 0 Å². The molecule has 0 saturated heterocycles. The number of hydrogen-bond donors (Lipinski definition) is 0. The van der Waals surface area contributed by atoms with E-state index in [2.05, 4.69) is 89.6 Å². The first kappa shape index (κ1) is 19.3. The summed E-state index contributed by atoms with van der Waals surface area (Å²) < 4.78 is 9.87. The van der Waals surface area contributed by atoms with Crippen LogP contribution in [0.25, 0.3) is 0 Å². The Bertz CT molecular complexity index is 363. The second-order valence-corrected chi connectivity index (χ2v) is 21.5. The quantitative estimate of drug-likeness (QED) is 0.537. The molecule has 3 nitrogen and oxygen atoms in total. The topological polar surface area (TPSA) is 9.72 Å². The summed E-state index contributed by atoms with van der Waals surface area (Å²) >= 11 is -3.19. The van der Waals surface area contributed by atoms with Gasteiger partial charge < -0.3 is 0 Å². The zero-order valence-corrected chi connectivity index (χ0v) is 19.1. The zero-order chi connectivity index (χ0) is 16.4. The molecule has 0 atom stereocenters. The molecule has 0 aromatic heterocycles. The van der Waals surface area contributed by atoms with Crippen molar-refractivity contribution in [2.75, 3.05) is 21.1 Å². The van der Waals surface area contributed by atoms with Crippen molar-refractivity contribution >= 4 is 0 Å². The van der Waals surface area contributed by atoms with E-state index in [1.807, 2.05) is 0 Å². The summed E-state index contributed by atoms with van der Waals surface area (Å²) in [6.45, 7) is 14.0. The molecule has 0 saturated carbocycles. The van der Waals surface area contributed by atoms with E-state index in [0.29, 0.717) is 18.1 Å². The van der Waals surface area contributed by atoms with Crippen molar-refractivity contribution < 1.29 is 20.8 Å². The predicted molar refractivity (Wildman–Crippen MR) is 90.5 cm³/mol. The molecule has 1 rings (SSSR count). The molecule has 0 fully saturated rings. The van der Waals surface area contributed by atoms with Gasteiger partial charge in [-0.1, -0.05) is 0 Å².